The fraction of sp³-hybridized carbons (Fsp3) is 0.708. The zero-order chi connectivity index (χ0) is 21.9. The molecule has 168 valence electrons. The van der Waals surface area contributed by atoms with Crippen molar-refractivity contribution >= 4 is 5.97 Å². The van der Waals surface area contributed by atoms with Gasteiger partial charge in [-0.2, -0.15) is 4.91 Å². The SMILES string of the molecule is Cc1cccc(CCC(O)CCC2C(N=O)CC(O)C2CCCCCCC(=O)O)c1. The second kappa shape index (κ2) is 12.8. The molecule has 5 atom stereocenters. The maximum atomic E-state index is 11.3. The standard InChI is InChI=1S/C24H37NO5/c1-17-7-6-8-18(15-17)11-12-19(26)13-14-20-21(23(27)16-22(20)25-30)9-4-2-3-5-10-24(28)29/h6-8,15,19-23,26-27H,2-5,9-14,16H2,1H3,(H,28,29). The summed E-state index contributed by atoms with van der Waals surface area (Å²) in [6.45, 7) is 2.06. The molecule has 0 bridgehead atoms. The quantitative estimate of drug-likeness (QED) is 0.301. The van der Waals surface area contributed by atoms with Crippen molar-refractivity contribution < 1.29 is 20.1 Å². The van der Waals surface area contributed by atoms with Crippen molar-refractivity contribution in [2.45, 2.75) is 95.8 Å². The lowest BCUT2D eigenvalue weighted by molar-refractivity contribution is -0.137. The van der Waals surface area contributed by atoms with Crippen LogP contribution in [-0.2, 0) is 11.2 Å². The predicted octanol–water partition coefficient (Wildman–Crippen LogP) is 4.63. The summed E-state index contributed by atoms with van der Waals surface area (Å²) in [5.74, 6) is -0.705. The van der Waals surface area contributed by atoms with Crippen molar-refractivity contribution in [2.75, 3.05) is 0 Å². The zero-order valence-electron chi connectivity index (χ0n) is 18.1. The number of nitrogens with zero attached hydrogens (tertiary/aromatic N) is 1. The Morgan fingerprint density at radius 1 is 1.13 bits per heavy atom. The number of carbonyl (C=O) groups is 1. The number of carboxylic acid groups (broad SMARTS) is 1. The van der Waals surface area contributed by atoms with Crippen molar-refractivity contribution in [3.05, 3.63) is 40.3 Å². The fourth-order valence-electron chi connectivity index (χ4n) is 4.84. The molecule has 0 aliphatic heterocycles. The third-order valence-electron chi connectivity index (χ3n) is 6.52. The largest absolute Gasteiger partial charge is 0.481 e. The zero-order valence-corrected chi connectivity index (χ0v) is 18.1. The van der Waals surface area contributed by atoms with Gasteiger partial charge in [-0.15, -0.1) is 0 Å². The minimum absolute atomic E-state index is 0.0186. The van der Waals surface area contributed by atoms with Crippen LogP contribution in [0.25, 0.3) is 0 Å². The predicted molar refractivity (Wildman–Crippen MR) is 117 cm³/mol. The highest BCUT2D eigenvalue weighted by Crippen LogP contribution is 2.41. The van der Waals surface area contributed by atoms with Gasteiger partial charge < -0.3 is 15.3 Å². The summed E-state index contributed by atoms with van der Waals surface area (Å²) in [7, 11) is 0. The minimum Gasteiger partial charge on any atom is -0.481 e. The summed E-state index contributed by atoms with van der Waals surface area (Å²) >= 11 is 0. The van der Waals surface area contributed by atoms with Gasteiger partial charge in [0.05, 0.1) is 18.2 Å². The number of aryl methyl sites for hydroxylation is 2. The van der Waals surface area contributed by atoms with Crippen molar-refractivity contribution in [2.24, 2.45) is 17.0 Å². The molecule has 6 heteroatoms. The molecule has 2 rings (SSSR count). The van der Waals surface area contributed by atoms with Gasteiger partial charge in [0, 0.05) is 6.42 Å². The topological polar surface area (TPSA) is 107 Å². The number of carboxylic acids is 1. The third-order valence-corrected chi connectivity index (χ3v) is 6.52. The van der Waals surface area contributed by atoms with E-state index in [9.17, 15) is 19.9 Å². The van der Waals surface area contributed by atoms with Gasteiger partial charge in [0.25, 0.3) is 0 Å². The average molecular weight is 420 g/mol. The van der Waals surface area contributed by atoms with E-state index in [0.717, 1.165) is 32.1 Å². The third kappa shape index (κ3) is 8.15. The Hall–Kier alpha value is -1.79. The Kier molecular flexibility index (Phi) is 10.4. The second-order valence-electron chi connectivity index (χ2n) is 8.91. The molecule has 0 amide bonds. The number of hydrogen-bond acceptors (Lipinski definition) is 5. The van der Waals surface area contributed by atoms with Gasteiger partial charge >= 0.3 is 5.97 Å². The number of nitroso groups, excluding NO2 is 1. The smallest absolute Gasteiger partial charge is 0.303 e. The maximum Gasteiger partial charge on any atom is 0.303 e. The second-order valence-corrected chi connectivity index (χ2v) is 8.91. The lowest BCUT2D eigenvalue weighted by Gasteiger charge is -2.24. The highest BCUT2D eigenvalue weighted by atomic mass is 16.4. The number of aliphatic carboxylic acids is 1. The van der Waals surface area contributed by atoms with Gasteiger partial charge in [0.15, 0.2) is 0 Å². The molecule has 0 radical (unpaired) electrons. The summed E-state index contributed by atoms with van der Waals surface area (Å²) in [5.41, 5.74) is 2.44. The molecule has 0 aromatic heterocycles. The van der Waals surface area contributed by atoms with Crippen molar-refractivity contribution in [3.63, 3.8) is 0 Å². The Balaban J connectivity index is 1.76. The minimum atomic E-state index is -0.762. The van der Waals surface area contributed by atoms with Gasteiger partial charge in [-0.3, -0.25) is 4.79 Å². The highest BCUT2D eigenvalue weighted by Gasteiger charge is 2.42. The molecule has 30 heavy (non-hydrogen) atoms. The Labute approximate surface area is 179 Å². The van der Waals surface area contributed by atoms with Crippen LogP contribution in [0.2, 0.25) is 0 Å². The molecule has 1 saturated carbocycles. The number of unbranched alkanes of at least 4 members (excludes halogenated alkanes) is 3. The number of rotatable bonds is 14. The molecule has 0 spiro atoms. The highest BCUT2D eigenvalue weighted by molar-refractivity contribution is 5.66. The molecule has 1 fully saturated rings. The van der Waals surface area contributed by atoms with E-state index in [1.165, 1.54) is 11.1 Å². The molecule has 0 saturated heterocycles. The molecular weight excluding hydrogens is 382 g/mol. The molecule has 1 aromatic carbocycles. The first kappa shape index (κ1) is 24.5. The summed E-state index contributed by atoms with van der Waals surface area (Å²) < 4.78 is 0. The first-order valence-corrected chi connectivity index (χ1v) is 11.4. The van der Waals surface area contributed by atoms with Crippen LogP contribution in [0.4, 0.5) is 0 Å². The number of aliphatic hydroxyl groups is 2. The molecule has 6 nitrogen and oxygen atoms in total. The van der Waals surface area contributed by atoms with Crippen LogP contribution in [0.15, 0.2) is 29.4 Å². The van der Waals surface area contributed by atoms with Crippen LogP contribution < -0.4 is 0 Å². The lowest BCUT2D eigenvalue weighted by atomic mass is 9.84. The Bertz CT molecular complexity index is 665. The van der Waals surface area contributed by atoms with Crippen molar-refractivity contribution in [1.29, 1.82) is 0 Å². The maximum absolute atomic E-state index is 11.3. The Morgan fingerprint density at radius 3 is 2.60 bits per heavy atom. The number of benzene rings is 1. The number of aliphatic hydroxyl groups excluding tert-OH is 2. The summed E-state index contributed by atoms with van der Waals surface area (Å²) in [6, 6.07) is 7.93. The van der Waals surface area contributed by atoms with E-state index in [0.29, 0.717) is 32.1 Å². The van der Waals surface area contributed by atoms with Crippen LogP contribution in [-0.4, -0.2) is 39.5 Å². The van der Waals surface area contributed by atoms with E-state index < -0.39 is 18.2 Å². The van der Waals surface area contributed by atoms with Crippen LogP contribution in [0.5, 0.6) is 0 Å². The van der Waals surface area contributed by atoms with Gasteiger partial charge in [-0.25, -0.2) is 0 Å². The monoisotopic (exact) mass is 419 g/mol. The van der Waals surface area contributed by atoms with E-state index in [1.807, 2.05) is 6.07 Å². The first-order chi connectivity index (χ1) is 14.4. The Morgan fingerprint density at radius 2 is 1.90 bits per heavy atom. The summed E-state index contributed by atoms with van der Waals surface area (Å²) in [5, 5.41) is 32.9. The van der Waals surface area contributed by atoms with E-state index in [2.05, 4.69) is 30.3 Å². The van der Waals surface area contributed by atoms with Crippen LogP contribution >= 0.6 is 0 Å². The summed E-state index contributed by atoms with van der Waals surface area (Å²) in [4.78, 5) is 21.9. The average Bonchev–Trinajstić information content (AvgIpc) is 3.02. The normalized spacial score (nSPS) is 24.6. The van der Waals surface area contributed by atoms with Crippen molar-refractivity contribution in [3.8, 4) is 0 Å². The van der Waals surface area contributed by atoms with Crippen molar-refractivity contribution in [1.82, 2.24) is 0 Å². The summed E-state index contributed by atoms with van der Waals surface area (Å²) in [6.07, 6.45) is 6.72. The van der Waals surface area contributed by atoms with Gasteiger partial charge in [0.1, 0.15) is 0 Å². The fourth-order valence-corrected chi connectivity index (χ4v) is 4.84. The molecular formula is C24H37NO5. The molecule has 3 N–H and O–H groups in total. The van der Waals surface area contributed by atoms with E-state index in [-0.39, 0.29) is 24.3 Å². The molecule has 5 unspecified atom stereocenters. The van der Waals surface area contributed by atoms with E-state index in [4.69, 9.17) is 5.11 Å². The van der Waals surface area contributed by atoms with Gasteiger partial charge in [0.2, 0.25) is 0 Å². The van der Waals surface area contributed by atoms with E-state index in [1.54, 1.807) is 0 Å². The molecule has 1 aliphatic rings. The van der Waals surface area contributed by atoms with Crippen LogP contribution in [0.1, 0.15) is 75.3 Å². The molecule has 0 heterocycles. The van der Waals surface area contributed by atoms with Gasteiger partial charge in [-0.05, 0) is 69.3 Å². The van der Waals surface area contributed by atoms with Gasteiger partial charge in [-0.1, -0.05) is 54.3 Å². The molecule has 1 aromatic rings. The number of hydrogen-bond donors (Lipinski definition) is 3. The van der Waals surface area contributed by atoms with Crippen LogP contribution in [0, 0.1) is 23.7 Å². The lowest BCUT2D eigenvalue weighted by Crippen LogP contribution is -2.23. The first-order valence-electron chi connectivity index (χ1n) is 11.4. The van der Waals surface area contributed by atoms with E-state index >= 15 is 0 Å². The van der Waals surface area contributed by atoms with Crippen LogP contribution in [0.3, 0.4) is 0 Å². The molecule has 1 aliphatic carbocycles.